The fourth-order valence-electron chi connectivity index (χ4n) is 1.65. The standard InChI is InChI=1S/C13H15F3N2O2S/c1-8(6-13(14,15)16)18-11(19)7-20-10-5-3-2-4-9(10)12(17)21/h2-5,8H,6-7H2,1H3,(H2,17,21)(H,18,19). The molecule has 0 aliphatic rings. The number of thiocarbonyl (C=S) groups is 1. The lowest BCUT2D eigenvalue weighted by Gasteiger charge is -2.16. The van der Waals surface area contributed by atoms with Crippen LogP contribution in [0.3, 0.4) is 0 Å². The molecular weight excluding hydrogens is 305 g/mol. The molecular formula is C13H15F3N2O2S. The van der Waals surface area contributed by atoms with Crippen LogP contribution in [0, 0.1) is 0 Å². The van der Waals surface area contributed by atoms with Gasteiger partial charge in [-0.05, 0) is 19.1 Å². The highest BCUT2D eigenvalue weighted by molar-refractivity contribution is 7.80. The summed E-state index contributed by atoms with van der Waals surface area (Å²) >= 11 is 4.83. The lowest BCUT2D eigenvalue weighted by Crippen LogP contribution is -2.38. The molecule has 4 nitrogen and oxygen atoms in total. The Morgan fingerprint density at radius 2 is 2.05 bits per heavy atom. The molecule has 1 rings (SSSR count). The second-order valence-corrected chi connectivity index (χ2v) is 4.88. The SMILES string of the molecule is CC(CC(F)(F)F)NC(=O)COc1ccccc1C(N)=S. The molecule has 0 heterocycles. The molecule has 1 aromatic carbocycles. The first-order valence-electron chi connectivity index (χ1n) is 6.07. The number of ether oxygens (including phenoxy) is 1. The van der Waals surface area contributed by atoms with Gasteiger partial charge in [0.15, 0.2) is 6.61 Å². The summed E-state index contributed by atoms with van der Waals surface area (Å²) in [5.41, 5.74) is 5.96. The molecule has 0 aromatic heterocycles. The van der Waals surface area contributed by atoms with Gasteiger partial charge in [0.1, 0.15) is 10.7 Å². The van der Waals surface area contributed by atoms with Gasteiger partial charge in [-0.3, -0.25) is 4.79 Å². The number of hydrogen-bond donors (Lipinski definition) is 2. The summed E-state index contributed by atoms with van der Waals surface area (Å²) in [5.74, 6) is -0.340. The molecule has 0 radical (unpaired) electrons. The second kappa shape index (κ2) is 7.26. The van der Waals surface area contributed by atoms with E-state index in [4.69, 9.17) is 22.7 Å². The molecule has 1 amide bonds. The minimum atomic E-state index is -4.33. The van der Waals surface area contributed by atoms with Crippen molar-refractivity contribution in [3.63, 3.8) is 0 Å². The summed E-state index contributed by atoms with van der Waals surface area (Å²) in [6.07, 6.45) is -5.42. The fraction of sp³-hybridized carbons (Fsp3) is 0.385. The van der Waals surface area contributed by atoms with E-state index in [9.17, 15) is 18.0 Å². The summed E-state index contributed by atoms with van der Waals surface area (Å²) in [7, 11) is 0. The van der Waals surface area contributed by atoms with Crippen LogP contribution in [0.1, 0.15) is 18.9 Å². The van der Waals surface area contributed by atoms with Crippen LogP contribution in [0.25, 0.3) is 0 Å². The van der Waals surface area contributed by atoms with Gasteiger partial charge in [-0.2, -0.15) is 13.2 Å². The van der Waals surface area contributed by atoms with Gasteiger partial charge in [-0.25, -0.2) is 0 Å². The molecule has 116 valence electrons. The van der Waals surface area contributed by atoms with Crippen molar-refractivity contribution in [3.05, 3.63) is 29.8 Å². The summed E-state index contributed by atoms with van der Waals surface area (Å²) in [5, 5.41) is 2.21. The van der Waals surface area contributed by atoms with Crippen LogP contribution < -0.4 is 15.8 Å². The summed E-state index contributed by atoms with van der Waals surface area (Å²) < 4.78 is 41.6. The number of para-hydroxylation sites is 1. The molecule has 3 N–H and O–H groups in total. The number of rotatable bonds is 6. The van der Waals surface area contributed by atoms with Crippen LogP contribution >= 0.6 is 12.2 Å². The Labute approximate surface area is 125 Å². The molecule has 21 heavy (non-hydrogen) atoms. The van der Waals surface area contributed by atoms with E-state index in [2.05, 4.69) is 5.32 Å². The molecule has 0 spiro atoms. The van der Waals surface area contributed by atoms with Crippen LogP contribution in [-0.4, -0.2) is 29.7 Å². The first kappa shape index (κ1) is 17.2. The molecule has 0 aliphatic heterocycles. The van der Waals surface area contributed by atoms with Gasteiger partial charge in [0.25, 0.3) is 5.91 Å². The lowest BCUT2D eigenvalue weighted by molar-refractivity contribution is -0.141. The quantitative estimate of drug-likeness (QED) is 0.789. The van der Waals surface area contributed by atoms with E-state index in [1.807, 2.05) is 0 Å². The highest BCUT2D eigenvalue weighted by Crippen LogP contribution is 2.21. The van der Waals surface area contributed by atoms with Gasteiger partial charge in [0, 0.05) is 6.04 Å². The Bertz CT molecular complexity index is 520. The van der Waals surface area contributed by atoms with Crippen LogP contribution in [0.15, 0.2) is 24.3 Å². The highest BCUT2D eigenvalue weighted by atomic mass is 32.1. The number of carbonyl (C=O) groups excluding carboxylic acids is 1. The normalized spacial score (nSPS) is 12.6. The number of halogens is 3. The van der Waals surface area contributed by atoms with Gasteiger partial charge in [-0.15, -0.1) is 0 Å². The van der Waals surface area contributed by atoms with Gasteiger partial charge >= 0.3 is 6.18 Å². The minimum absolute atomic E-state index is 0.108. The molecule has 1 aromatic rings. The van der Waals surface area contributed by atoms with E-state index in [-0.39, 0.29) is 4.99 Å². The van der Waals surface area contributed by atoms with E-state index in [0.717, 1.165) is 0 Å². The topological polar surface area (TPSA) is 64.3 Å². The Kier molecular flexibility index (Phi) is 5.95. The third-order valence-corrected chi connectivity index (χ3v) is 2.68. The van der Waals surface area contributed by atoms with E-state index in [1.165, 1.54) is 6.92 Å². The van der Waals surface area contributed by atoms with Gasteiger partial charge in [0.05, 0.1) is 12.0 Å². The molecule has 0 fully saturated rings. The minimum Gasteiger partial charge on any atom is -0.483 e. The molecule has 0 aliphatic carbocycles. The smallest absolute Gasteiger partial charge is 0.391 e. The van der Waals surface area contributed by atoms with Crippen molar-refractivity contribution in [2.75, 3.05) is 6.61 Å². The fourth-order valence-corrected chi connectivity index (χ4v) is 1.82. The van der Waals surface area contributed by atoms with E-state index < -0.39 is 31.2 Å². The van der Waals surface area contributed by atoms with Gasteiger partial charge in [0.2, 0.25) is 0 Å². The molecule has 0 bridgehead atoms. The van der Waals surface area contributed by atoms with Crippen molar-refractivity contribution in [3.8, 4) is 5.75 Å². The number of amides is 1. The van der Waals surface area contributed by atoms with Crippen LogP contribution in [-0.2, 0) is 4.79 Å². The number of alkyl halides is 3. The predicted molar refractivity (Wildman–Crippen MR) is 76.1 cm³/mol. The number of nitrogens with one attached hydrogen (secondary N) is 1. The van der Waals surface area contributed by atoms with Crippen molar-refractivity contribution >= 4 is 23.1 Å². The zero-order valence-electron chi connectivity index (χ0n) is 11.2. The average Bonchev–Trinajstić information content (AvgIpc) is 2.34. The van der Waals surface area contributed by atoms with E-state index in [1.54, 1.807) is 24.3 Å². The molecule has 0 saturated carbocycles. The Morgan fingerprint density at radius 1 is 1.43 bits per heavy atom. The lowest BCUT2D eigenvalue weighted by atomic mass is 10.2. The van der Waals surface area contributed by atoms with Crippen molar-refractivity contribution in [2.45, 2.75) is 25.6 Å². The predicted octanol–water partition coefficient (Wildman–Crippen LogP) is 2.16. The molecule has 0 saturated heterocycles. The Morgan fingerprint density at radius 3 is 2.62 bits per heavy atom. The molecule has 1 atom stereocenters. The number of hydrogen-bond acceptors (Lipinski definition) is 3. The van der Waals surface area contributed by atoms with Crippen molar-refractivity contribution < 1.29 is 22.7 Å². The average molecular weight is 320 g/mol. The van der Waals surface area contributed by atoms with Gasteiger partial charge < -0.3 is 15.8 Å². The first-order chi connectivity index (χ1) is 9.69. The van der Waals surface area contributed by atoms with E-state index >= 15 is 0 Å². The zero-order valence-corrected chi connectivity index (χ0v) is 12.1. The summed E-state index contributed by atoms with van der Waals surface area (Å²) in [6.45, 7) is 0.857. The largest absolute Gasteiger partial charge is 0.483 e. The summed E-state index contributed by atoms with van der Waals surface area (Å²) in [6, 6.07) is 5.54. The molecule has 8 heteroatoms. The maximum absolute atomic E-state index is 12.1. The summed E-state index contributed by atoms with van der Waals surface area (Å²) in [4.78, 5) is 11.6. The maximum Gasteiger partial charge on any atom is 0.391 e. The zero-order chi connectivity index (χ0) is 16.0. The molecule has 1 unspecified atom stereocenters. The Balaban J connectivity index is 2.52. The maximum atomic E-state index is 12.1. The number of nitrogens with two attached hydrogens (primary N) is 1. The Hall–Kier alpha value is -1.83. The number of carbonyl (C=O) groups is 1. The number of benzene rings is 1. The van der Waals surface area contributed by atoms with Crippen LogP contribution in [0.2, 0.25) is 0 Å². The monoisotopic (exact) mass is 320 g/mol. The van der Waals surface area contributed by atoms with Crippen molar-refractivity contribution in [2.24, 2.45) is 5.73 Å². The third-order valence-electron chi connectivity index (χ3n) is 2.46. The highest BCUT2D eigenvalue weighted by Gasteiger charge is 2.30. The van der Waals surface area contributed by atoms with E-state index in [0.29, 0.717) is 11.3 Å². The third kappa shape index (κ3) is 6.44. The first-order valence-corrected chi connectivity index (χ1v) is 6.47. The van der Waals surface area contributed by atoms with Gasteiger partial charge in [-0.1, -0.05) is 24.4 Å². The van der Waals surface area contributed by atoms with Crippen LogP contribution in [0.5, 0.6) is 5.75 Å². The van der Waals surface area contributed by atoms with Crippen LogP contribution in [0.4, 0.5) is 13.2 Å². The second-order valence-electron chi connectivity index (χ2n) is 4.44. The van der Waals surface area contributed by atoms with Crippen molar-refractivity contribution in [1.82, 2.24) is 5.32 Å². The van der Waals surface area contributed by atoms with Crippen molar-refractivity contribution in [1.29, 1.82) is 0 Å².